The zero-order chi connectivity index (χ0) is 14.6. The van der Waals surface area contributed by atoms with Crippen molar-refractivity contribution < 1.29 is 9.59 Å². The first kappa shape index (κ1) is 16.2. The lowest BCUT2D eigenvalue weighted by molar-refractivity contribution is -0.128. The number of rotatable bonds is 4. The highest BCUT2D eigenvalue weighted by atomic mass is 79.9. The number of hydrogen-bond donors (Lipinski definition) is 2. The van der Waals surface area contributed by atoms with Crippen molar-refractivity contribution in [1.29, 1.82) is 0 Å². The monoisotopic (exact) mass is 390 g/mol. The van der Waals surface area contributed by atoms with Crippen molar-refractivity contribution in [1.82, 2.24) is 10.6 Å². The van der Waals surface area contributed by atoms with E-state index >= 15 is 0 Å². The van der Waals surface area contributed by atoms with Crippen LogP contribution in [-0.2, 0) is 4.79 Å². The molecule has 0 spiro atoms. The summed E-state index contributed by atoms with van der Waals surface area (Å²) in [5.41, 5.74) is -0.109. The van der Waals surface area contributed by atoms with Crippen LogP contribution in [0.25, 0.3) is 0 Å². The SMILES string of the molecule is CNC(=O)C(C)(C)CNC(=O)c1ccc(Br)cc1Br. The third kappa shape index (κ3) is 4.31. The van der Waals surface area contributed by atoms with Crippen molar-refractivity contribution in [2.45, 2.75) is 13.8 Å². The van der Waals surface area contributed by atoms with Crippen molar-refractivity contribution in [3.05, 3.63) is 32.7 Å². The lowest BCUT2D eigenvalue weighted by Crippen LogP contribution is -2.43. The van der Waals surface area contributed by atoms with Gasteiger partial charge in [-0.25, -0.2) is 0 Å². The lowest BCUT2D eigenvalue weighted by atomic mass is 9.92. The highest BCUT2D eigenvalue weighted by Crippen LogP contribution is 2.22. The fourth-order valence-corrected chi connectivity index (χ4v) is 2.72. The standard InChI is InChI=1S/C13H16Br2N2O2/c1-13(2,12(19)16-3)7-17-11(18)9-5-4-8(14)6-10(9)15/h4-6H,7H2,1-3H3,(H,16,19)(H,17,18). The molecule has 0 radical (unpaired) electrons. The number of carbonyl (C=O) groups is 2. The van der Waals surface area contributed by atoms with Gasteiger partial charge in [-0.05, 0) is 48.0 Å². The maximum Gasteiger partial charge on any atom is 0.252 e. The van der Waals surface area contributed by atoms with E-state index in [1.807, 2.05) is 0 Å². The van der Waals surface area contributed by atoms with Crippen LogP contribution in [0.2, 0.25) is 0 Å². The number of nitrogens with one attached hydrogen (secondary N) is 2. The summed E-state index contributed by atoms with van der Waals surface area (Å²) >= 11 is 6.67. The van der Waals surface area contributed by atoms with Crippen molar-refractivity contribution in [3.63, 3.8) is 0 Å². The van der Waals surface area contributed by atoms with Gasteiger partial charge in [-0.1, -0.05) is 15.9 Å². The highest BCUT2D eigenvalue weighted by molar-refractivity contribution is 9.11. The van der Waals surface area contributed by atoms with Gasteiger partial charge in [-0.3, -0.25) is 9.59 Å². The predicted molar refractivity (Wildman–Crippen MR) is 82.0 cm³/mol. The summed E-state index contributed by atoms with van der Waals surface area (Å²) in [6.45, 7) is 3.83. The highest BCUT2D eigenvalue weighted by Gasteiger charge is 2.27. The van der Waals surface area contributed by atoms with Crippen LogP contribution in [0.1, 0.15) is 24.2 Å². The fraction of sp³-hybridized carbons (Fsp3) is 0.385. The number of amides is 2. The molecule has 1 aromatic rings. The number of benzene rings is 1. The van der Waals surface area contributed by atoms with Gasteiger partial charge in [-0.15, -0.1) is 0 Å². The topological polar surface area (TPSA) is 58.2 Å². The molecule has 1 rings (SSSR count). The van der Waals surface area contributed by atoms with Gasteiger partial charge in [0, 0.05) is 22.5 Å². The third-order valence-corrected chi connectivity index (χ3v) is 3.86. The Morgan fingerprint density at radius 2 is 1.89 bits per heavy atom. The van der Waals surface area contributed by atoms with E-state index in [2.05, 4.69) is 42.5 Å². The van der Waals surface area contributed by atoms with E-state index in [9.17, 15) is 9.59 Å². The summed E-state index contributed by atoms with van der Waals surface area (Å²) in [6, 6.07) is 5.32. The summed E-state index contributed by atoms with van der Waals surface area (Å²) in [7, 11) is 1.58. The molecule has 0 saturated carbocycles. The molecule has 4 nitrogen and oxygen atoms in total. The van der Waals surface area contributed by atoms with Gasteiger partial charge in [0.15, 0.2) is 0 Å². The van der Waals surface area contributed by atoms with Crippen molar-refractivity contribution >= 4 is 43.7 Å². The number of halogens is 2. The maximum atomic E-state index is 12.0. The van der Waals surface area contributed by atoms with Crippen LogP contribution in [0.5, 0.6) is 0 Å². The molecule has 0 heterocycles. The average molecular weight is 392 g/mol. The molecule has 0 aliphatic carbocycles. The minimum Gasteiger partial charge on any atom is -0.359 e. The Kier molecular flexibility index (Phi) is 5.55. The number of carbonyl (C=O) groups excluding carboxylic acids is 2. The molecule has 1 aromatic carbocycles. The molecule has 0 bridgehead atoms. The van der Waals surface area contributed by atoms with E-state index in [-0.39, 0.29) is 18.4 Å². The smallest absolute Gasteiger partial charge is 0.252 e. The molecule has 0 aliphatic heterocycles. The molecule has 104 valence electrons. The van der Waals surface area contributed by atoms with Gasteiger partial charge in [0.2, 0.25) is 5.91 Å². The summed E-state index contributed by atoms with van der Waals surface area (Å²) in [5, 5.41) is 5.35. The molecule has 0 aromatic heterocycles. The van der Waals surface area contributed by atoms with Crippen LogP contribution in [0.4, 0.5) is 0 Å². The van der Waals surface area contributed by atoms with Gasteiger partial charge in [0.1, 0.15) is 0 Å². The zero-order valence-corrected chi connectivity index (χ0v) is 14.2. The molecular formula is C13H16Br2N2O2. The van der Waals surface area contributed by atoms with Gasteiger partial charge < -0.3 is 10.6 Å². The van der Waals surface area contributed by atoms with E-state index < -0.39 is 5.41 Å². The van der Waals surface area contributed by atoms with E-state index in [0.717, 1.165) is 4.47 Å². The van der Waals surface area contributed by atoms with Crippen LogP contribution >= 0.6 is 31.9 Å². The largest absolute Gasteiger partial charge is 0.359 e. The Morgan fingerprint density at radius 1 is 1.26 bits per heavy atom. The van der Waals surface area contributed by atoms with Crippen molar-refractivity contribution in [3.8, 4) is 0 Å². The molecule has 6 heteroatoms. The lowest BCUT2D eigenvalue weighted by Gasteiger charge is -2.22. The molecular weight excluding hydrogens is 376 g/mol. The summed E-state index contributed by atoms with van der Waals surface area (Å²) in [5.74, 6) is -0.320. The second-order valence-electron chi connectivity index (χ2n) is 4.77. The molecule has 0 fully saturated rings. The second-order valence-corrected chi connectivity index (χ2v) is 6.54. The van der Waals surface area contributed by atoms with Gasteiger partial charge in [0.25, 0.3) is 5.91 Å². The van der Waals surface area contributed by atoms with Crippen LogP contribution in [-0.4, -0.2) is 25.4 Å². The van der Waals surface area contributed by atoms with Gasteiger partial charge in [-0.2, -0.15) is 0 Å². The minimum atomic E-state index is -0.647. The van der Waals surface area contributed by atoms with E-state index in [1.54, 1.807) is 39.1 Å². The molecule has 2 amide bonds. The molecule has 19 heavy (non-hydrogen) atoms. The van der Waals surface area contributed by atoms with E-state index in [4.69, 9.17) is 0 Å². The van der Waals surface area contributed by atoms with E-state index in [1.165, 1.54) is 0 Å². The molecule has 0 saturated heterocycles. The Labute approximate surface area is 129 Å². The number of hydrogen-bond acceptors (Lipinski definition) is 2. The average Bonchev–Trinajstić information content (AvgIpc) is 2.35. The predicted octanol–water partition coefficient (Wildman–Crippen LogP) is 2.71. The first-order chi connectivity index (χ1) is 8.77. The molecule has 0 atom stereocenters. The van der Waals surface area contributed by atoms with Crippen molar-refractivity contribution in [2.75, 3.05) is 13.6 Å². The third-order valence-electron chi connectivity index (χ3n) is 2.71. The van der Waals surface area contributed by atoms with Gasteiger partial charge >= 0.3 is 0 Å². The summed E-state index contributed by atoms with van der Waals surface area (Å²) in [6.07, 6.45) is 0. The first-order valence-electron chi connectivity index (χ1n) is 5.73. The zero-order valence-electron chi connectivity index (χ0n) is 11.0. The van der Waals surface area contributed by atoms with E-state index in [0.29, 0.717) is 10.0 Å². The normalized spacial score (nSPS) is 11.0. The first-order valence-corrected chi connectivity index (χ1v) is 7.32. The Hall–Kier alpha value is -0.880. The summed E-state index contributed by atoms with van der Waals surface area (Å²) in [4.78, 5) is 23.7. The molecule has 0 aliphatic rings. The molecule has 2 N–H and O–H groups in total. The fourth-order valence-electron chi connectivity index (χ4n) is 1.49. The Bertz CT molecular complexity index is 501. The molecule has 0 unspecified atom stereocenters. The second kappa shape index (κ2) is 6.52. The quantitative estimate of drug-likeness (QED) is 0.828. The van der Waals surface area contributed by atoms with Crippen LogP contribution < -0.4 is 10.6 Å². The Morgan fingerprint density at radius 3 is 2.42 bits per heavy atom. The summed E-state index contributed by atoms with van der Waals surface area (Å²) < 4.78 is 1.60. The minimum absolute atomic E-state index is 0.109. The Balaban J connectivity index is 2.73. The maximum absolute atomic E-state index is 12.0. The van der Waals surface area contributed by atoms with Crippen molar-refractivity contribution in [2.24, 2.45) is 5.41 Å². The van der Waals surface area contributed by atoms with Crippen LogP contribution in [0, 0.1) is 5.41 Å². The van der Waals surface area contributed by atoms with Crippen LogP contribution in [0.15, 0.2) is 27.1 Å². The van der Waals surface area contributed by atoms with Crippen LogP contribution in [0.3, 0.4) is 0 Å². The van der Waals surface area contributed by atoms with Gasteiger partial charge in [0.05, 0.1) is 11.0 Å².